The van der Waals surface area contributed by atoms with Crippen LogP contribution in [0.15, 0.2) is 40.9 Å². The van der Waals surface area contributed by atoms with E-state index in [0.29, 0.717) is 10.2 Å². The van der Waals surface area contributed by atoms with Crippen molar-refractivity contribution in [1.82, 2.24) is 0 Å². The predicted octanol–water partition coefficient (Wildman–Crippen LogP) is 3.54. The maximum absolute atomic E-state index is 13.5. The fraction of sp³-hybridized carbons (Fsp3) is 0. The largest absolute Gasteiger partial charge is 0.399 e. The summed E-state index contributed by atoms with van der Waals surface area (Å²) < 4.78 is 27.5. The number of carbonyl (C=O) groups excluding carboxylic acids is 1. The molecule has 18 heavy (non-hydrogen) atoms. The van der Waals surface area contributed by atoms with E-state index in [9.17, 15) is 13.6 Å². The van der Waals surface area contributed by atoms with E-state index in [4.69, 9.17) is 5.73 Å². The molecule has 0 aliphatic rings. The van der Waals surface area contributed by atoms with Crippen molar-refractivity contribution in [2.75, 3.05) is 5.73 Å². The van der Waals surface area contributed by atoms with Crippen LogP contribution in [0.2, 0.25) is 0 Å². The van der Waals surface area contributed by atoms with E-state index < -0.39 is 23.0 Å². The fourth-order valence-electron chi connectivity index (χ4n) is 1.57. The molecule has 0 atom stereocenters. The molecule has 2 nitrogen and oxygen atoms in total. The minimum absolute atomic E-state index is 0.124. The van der Waals surface area contributed by atoms with Crippen LogP contribution in [-0.2, 0) is 0 Å². The molecular formula is C13H8BrF2NO. The molecule has 0 radical (unpaired) electrons. The number of hydrogen-bond donors (Lipinski definition) is 1. The quantitative estimate of drug-likeness (QED) is 0.681. The highest BCUT2D eigenvalue weighted by atomic mass is 79.9. The van der Waals surface area contributed by atoms with Crippen LogP contribution < -0.4 is 5.73 Å². The molecule has 0 amide bonds. The number of rotatable bonds is 2. The summed E-state index contributed by atoms with van der Waals surface area (Å²) in [5.74, 6) is -2.53. The highest BCUT2D eigenvalue weighted by Gasteiger charge is 2.20. The topological polar surface area (TPSA) is 43.1 Å². The molecule has 2 rings (SSSR count). The Morgan fingerprint density at radius 3 is 2.33 bits per heavy atom. The third-order valence-electron chi connectivity index (χ3n) is 2.42. The molecule has 0 heterocycles. The Hall–Kier alpha value is -1.75. The summed E-state index contributed by atoms with van der Waals surface area (Å²) in [5.41, 5.74) is 5.45. The van der Waals surface area contributed by atoms with Gasteiger partial charge in [-0.3, -0.25) is 4.79 Å². The Bertz CT molecular complexity index is 608. The molecule has 0 aliphatic carbocycles. The third kappa shape index (κ3) is 2.26. The number of nitrogens with two attached hydrogens (primary N) is 1. The summed E-state index contributed by atoms with van der Waals surface area (Å²) in [6.45, 7) is 0. The van der Waals surface area contributed by atoms with Gasteiger partial charge in [-0.2, -0.15) is 0 Å². The van der Waals surface area contributed by atoms with Crippen molar-refractivity contribution in [3.05, 3.63) is 63.6 Å². The van der Waals surface area contributed by atoms with Crippen molar-refractivity contribution in [3.8, 4) is 0 Å². The van der Waals surface area contributed by atoms with Gasteiger partial charge in [-0.1, -0.05) is 22.0 Å². The van der Waals surface area contributed by atoms with E-state index >= 15 is 0 Å². The zero-order valence-electron chi connectivity index (χ0n) is 9.08. The minimum Gasteiger partial charge on any atom is -0.399 e. The van der Waals surface area contributed by atoms with Gasteiger partial charge in [-0.15, -0.1) is 0 Å². The summed E-state index contributed by atoms with van der Waals surface area (Å²) >= 11 is 3.16. The van der Waals surface area contributed by atoms with Crippen LogP contribution in [0.25, 0.3) is 0 Å². The number of anilines is 1. The molecule has 2 aromatic carbocycles. The van der Waals surface area contributed by atoms with E-state index in [2.05, 4.69) is 15.9 Å². The molecule has 0 bridgehead atoms. The summed E-state index contributed by atoms with van der Waals surface area (Å²) in [5, 5.41) is 0. The lowest BCUT2D eigenvalue weighted by Crippen LogP contribution is -2.08. The average molecular weight is 312 g/mol. The van der Waals surface area contributed by atoms with E-state index in [1.165, 1.54) is 12.1 Å². The lowest BCUT2D eigenvalue weighted by molar-refractivity contribution is 0.103. The first-order valence-electron chi connectivity index (χ1n) is 5.04. The van der Waals surface area contributed by atoms with Crippen LogP contribution in [0, 0.1) is 11.6 Å². The number of halogens is 3. The Balaban J connectivity index is 2.58. The average Bonchev–Trinajstić information content (AvgIpc) is 2.32. The molecule has 0 unspecified atom stereocenters. The molecule has 0 spiro atoms. The second kappa shape index (κ2) is 4.86. The number of carbonyl (C=O) groups is 1. The zero-order chi connectivity index (χ0) is 13.3. The predicted molar refractivity (Wildman–Crippen MR) is 68.3 cm³/mol. The molecule has 0 saturated carbocycles. The Labute approximate surface area is 111 Å². The Morgan fingerprint density at radius 2 is 1.72 bits per heavy atom. The SMILES string of the molecule is Nc1ccc(Br)c(C(=O)c2c(F)cccc2F)c1. The van der Waals surface area contributed by atoms with Gasteiger partial charge in [0.2, 0.25) is 0 Å². The zero-order valence-corrected chi connectivity index (χ0v) is 10.7. The summed E-state index contributed by atoms with van der Waals surface area (Å²) in [6.07, 6.45) is 0. The second-order valence-corrected chi connectivity index (χ2v) is 4.52. The van der Waals surface area contributed by atoms with Gasteiger partial charge in [0, 0.05) is 15.7 Å². The minimum atomic E-state index is -0.894. The molecule has 0 aromatic heterocycles. The summed E-state index contributed by atoms with van der Waals surface area (Å²) in [6, 6.07) is 7.79. The van der Waals surface area contributed by atoms with Crippen LogP contribution in [0.4, 0.5) is 14.5 Å². The molecular weight excluding hydrogens is 304 g/mol. The summed E-state index contributed by atoms with van der Waals surface area (Å²) in [7, 11) is 0. The maximum atomic E-state index is 13.5. The number of benzene rings is 2. The van der Waals surface area contributed by atoms with Crippen molar-refractivity contribution < 1.29 is 13.6 Å². The van der Waals surface area contributed by atoms with E-state index in [1.807, 2.05) is 0 Å². The molecule has 2 aromatic rings. The van der Waals surface area contributed by atoms with Crippen molar-refractivity contribution >= 4 is 27.4 Å². The number of hydrogen-bond acceptors (Lipinski definition) is 2. The van der Waals surface area contributed by atoms with Crippen LogP contribution in [0.5, 0.6) is 0 Å². The van der Waals surface area contributed by atoms with E-state index in [1.54, 1.807) is 12.1 Å². The van der Waals surface area contributed by atoms with Gasteiger partial charge in [0.1, 0.15) is 11.6 Å². The normalized spacial score (nSPS) is 10.4. The Morgan fingerprint density at radius 1 is 1.11 bits per heavy atom. The first kappa shape index (κ1) is 12.7. The fourth-order valence-corrected chi connectivity index (χ4v) is 1.99. The highest BCUT2D eigenvalue weighted by Crippen LogP contribution is 2.24. The smallest absolute Gasteiger partial charge is 0.200 e. The van der Waals surface area contributed by atoms with Gasteiger partial charge in [0.15, 0.2) is 5.78 Å². The van der Waals surface area contributed by atoms with Gasteiger partial charge >= 0.3 is 0 Å². The third-order valence-corrected chi connectivity index (χ3v) is 3.12. The van der Waals surface area contributed by atoms with Crippen LogP contribution in [0.1, 0.15) is 15.9 Å². The standard InChI is InChI=1S/C13H8BrF2NO/c14-9-5-4-7(17)6-8(9)13(18)12-10(15)2-1-3-11(12)16/h1-6H,17H2. The Kier molecular flexibility index (Phi) is 3.43. The summed E-state index contributed by atoms with van der Waals surface area (Å²) in [4.78, 5) is 12.1. The highest BCUT2D eigenvalue weighted by molar-refractivity contribution is 9.10. The van der Waals surface area contributed by atoms with E-state index in [-0.39, 0.29) is 5.56 Å². The maximum Gasteiger partial charge on any atom is 0.200 e. The van der Waals surface area contributed by atoms with Crippen LogP contribution >= 0.6 is 15.9 Å². The monoisotopic (exact) mass is 311 g/mol. The number of nitrogen functional groups attached to an aromatic ring is 1. The van der Waals surface area contributed by atoms with E-state index in [0.717, 1.165) is 12.1 Å². The molecule has 2 N–H and O–H groups in total. The molecule has 92 valence electrons. The lowest BCUT2D eigenvalue weighted by atomic mass is 10.0. The molecule has 0 saturated heterocycles. The van der Waals surface area contributed by atoms with Crippen LogP contribution in [0.3, 0.4) is 0 Å². The molecule has 0 aliphatic heterocycles. The molecule has 5 heteroatoms. The van der Waals surface area contributed by atoms with Gasteiger partial charge < -0.3 is 5.73 Å². The number of ketones is 1. The van der Waals surface area contributed by atoms with Crippen molar-refractivity contribution in [3.63, 3.8) is 0 Å². The van der Waals surface area contributed by atoms with Gasteiger partial charge in [-0.05, 0) is 30.3 Å². The van der Waals surface area contributed by atoms with Crippen LogP contribution in [-0.4, -0.2) is 5.78 Å². The van der Waals surface area contributed by atoms with Crippen molar-refractivity contribution in [2.45, 2.75) is 0 Å². The molecule has 0 fully saturated rings. The first-order chi connectivity index (χ1) is 8.50. The second-order valence-electron chi connectivity index (χ2n) is 3.67. The van der Waals surface area contributed by atoms with Gasteiger partial charge in [0.25, 0.3) is 0 Å². The van der Waals surface area contributed by atoms with Crippen molar-refractivity contribution in [1.29, 1.82) is 0 Å². The van der Waals surface area contributed by atoms with Gasteiger partial charge in [0.05, 0.1) is 5.56 Å². The lowest BCUT2D eigenvalue weighted by Gasteiger charge is -2.07. The first-order valence-corrected chi connectivity index (χ1v) is 5.83. The van der Waals surface area contributed by atoms with Gasteiger partial charge in [-0.25, -0.2) is 8.78 Å². The van der Waals surface area contributed by atoms with Crippen molar-refractivity contribution in [2.24, 2.45) is 0 Å².